The zero-order chi connectivity index (χ0) is 14.5. The minimum absolute atomic E-state index is 0.343. The van der Waals surface area contributed by atoms with Gasteiger partial charge >= 0.3 is 0 Å². The number of aryl methyl sites for hydroxylation is 1. The molecule has 0 unspecified atom stereocenters. The van der Waals surface area contributed by atoms with E-state index in [1.54, 1.807) is 15.3 Å². The summed E-state index contributed by atoms with van der Waals surface area (Å²) in [6.45, 7) is 14.0. The van der Waals surface area contributed by atoms with Crippen LogP contribution >= 0.6 is 11.3 Å². The average molecular weight is 281 g/mol. The van der Waals surface area contributed by atoms with E-state index < -0.39 is 0 Å². The van der Waals surface area contributed by atoms with Gasteiger partial charge in [0.15, 0.2) is 0 Å². The van der Waals surface area contributed by atoms with Gasteiger partial charge < -0.3 is 0 Å². The molecule has 0 nitrogen and oxygen atoms in total. The van der Waals surface area contributed by atoms with Crippen LogP contribution in [0.15, 0.2) is 6.07 Å². The largest absolute Gasteiger partial charge is 0.144 e. The zero-order valence-corrected chi connectivity index (χ0v) is 14.6. The van der Waals surface area contributed by atoms with Gasteiger partial charge in [0.05, 0.1) is 0 Å². The molecule has 0 aliphatic carbocycles. The van der Waals surface area contributed by atoms with Gasteiger partial charge in [-0.25, -0.2) is 0 Å². The first-order valence-corrected chi connectivity index (χ1v) is 8.87. The molecule has 1 heterocycles. The molecule has 0 amide bonds. The van der Waals surface area contributed by atoms with Crippen LogP contribution in [0, 0.1) is 0 Å². The highest BCUT2D eigenvalue weighted by Crippen LogP contribution is 2.38. The standard InChI is InChI=1S/C18H32S/c1-7-9-10-11-12-15-13-16(18(5,6)8-2)19-17(15)14(3)4/h13-14H,7-12H2,1-6H3. The van der Waals surface area contributed by atoms with Crippen LogP contribution in [0.4, 0.5) is 0 Å². The minimum atomic E-state index is 0.343. The predicted octanol–water partition coefficient (Wildman–Crippen LogP) is 6.68. The summed E-state index contributed by atoms with van der Waals surface area (Å²) in [5.41, 5.74) is 1.98. The molecule has 0 saturated carbocycles. The van der Waals surface area contributed by atoms with Crippen molar-refractivity contribution in [3.63, 3.8) is 0 Å². The van der Waals surface area contributed by atoms with Crippen LogP contribution in [-0.2, 0) is 11.8 Å². The summed E-state index contributed by atoms with van der Waals surface area (Å²) in [7, 11) is 0. The molecule has 0 atom stereocenters. The Kier molecular flexibility index (Phi) is 6.59. The quantitative estimate of drug-likeness (QED) is 0.466. The third kappa shape index (κ3) is 4.63. The van der Waals surface area contributed by atoms with Crippen molar-refractivity contribution in [3.8, 4) is 0 Å². The van der Waals surface area contributed by atoms with Gasteiger partial charge in [-0.1, -0.05) is 60.8 Å². The van der Waals surface area contributed by atoms with Gasteiger partial charge in [-0.3, -0.25) is 0 Å². The highest BCUT2D eigenvalue weighted by molar-refractivity contribution is 7.12. The Hall–Kier alpha value is -0.300. The summed E-state index contributed by atoms with van der Waals surface area (Å²) < 4.78 is 0. The molecule has 0 spiro atoms. The monoisotopic (exact) mass is 280 g/mol. The molecule has 0 radical (unpaired) electrons. The first kappa shape index (κ1) is 16.8. The van der Waals surface area contributed by atoms with Crippen molar-refractivity contribution in [2.75, 3.05) is 0 Å². The summed E-state index contributed by atoms with van der Waals surface area (Å²) >= 11 is 2.06. The lowest BCUT2D eigenvalue weighted by Crippen LogP contribution is -2.13. The van der Waals surface area contributed by atoms with Crippen LogP contribution in [0.25, 0.3) is 0 Å². The summed E-state index contributed by atoms with van der Waals surface area (Å²) in [5.74, 6) is 0.674. The van der Waals surface area contributed by atoms with E-state index in [9.17, 15) is 0 Å². The Morgan fingerprint density at radius 1 is 1.11 bits per heavy atom. The predicted molar refractivity (Wildman–Crippen MR) is 89.6 cm³/mol. The Bertz CT molecular complexity index is 371. The summed E-state index contributed by atoms with van der Waals surface area (Å²) in [6.07, 6.45) is 7.96. The molecule has 0 N–H and O–H groups in total. The minimum Gasteiger partial charge on any atom is -0.144 e. The summed E-state index contributed by atoms with van der Waals surface area (Å²) in [5, 5.41) is 0. The maximum Gasteiger partial charge on any atom is 0.0107 e. The number of hydrogen-bond donors (Lipinski definition) is 0. The molecule has 19 heavy (non-hydrogen) atoms. The summed E-state index contributed by atoms with van der Waals surface area (Å²) in [6, 6.07) is 2.51. The molecular weight excluding hydrogens is 248 g/mol. The molecule has 0 aromatic carbocycles. The third-order valence-corrected chi connectivity index (χ3v) is 6.06. The third-order valence-electron chi connectivity index (χ3n) is 4.22. The molecule has 0 aliphatic rings. The highest BCUT2D eigenvalue weighted by atomic mass is 32.1. The van der Waals surface area contributed by atoms with Crippen LogP contribution in [0.2, 0.25) is 0 Å². The highest BCUT2D eigenvalue weighted by Gasteiger charge is 2.23. The molecule has 0 bridgehead atoms. The van der Waals surface area contributed by atoms with Crippen molar-refractivity contribution < 1.29 is 0 Å². The fraction of sp³-hybridized carbons (Fsp3) is 0.778. The molecule has 0 aliphatic heterocycles. The number of rotatable bonds is 8. The average Bonchev–Trinajstić information content (AvgIpc) is 2.79. The topological polar surface area (TPSA) is 0 Å². The molecule has 1 rings (SSSR count). The molecular formula is C18H32S. The van der Waals surface area contributed by atoms with E-state index in [2.05, 4.69) is 58.9 Å². The van der Waals surface area contributed by atoms with Gasteiger partial charge in [-0.05, 0) is 42.2 Å². The molecule has 0 saturated heterocycles. The van der Waals surface area contributed by atoms with Crippen molar-refractivity contribution in [2.45, 2.75) is 91.4 Å². The van der Waals surface area contributed by atoms with Gasteiger partial charge in [0.1, 0.15) is 0 Å². The van der Waals surface area contributed by atoms with Crippen molar-refractivity contribution in [3.05, 3.63) is 21.4 Å². The first-order chi connectivity index (χ1) is 8.92. The number of unbranched alkanes of at least 4 members (excludes halogenated alkanes) is 3. The van der Waals surface area contributed by atoms with Crippen LogP contribution in [0.3, 0.4) is 0 Å². The Morgan fingerprint density at radius 3 is 2.32 bits per heavy atom. The van der Waals surface area contributed by atoms with E-state index in [-0.39, 0.29) is 0 Å². The van der Waals surface area contributed by atoms with Crippen molar-refractivity contribution in [1.82, 2.24) is 0 Å². The molecule has 1 aromatic heterocycles. The molecule has 0 fully saturated rings. The fourth-order valence-corrected chi connectivity index (χ4v) is 3.76. The second kappa shape index (κ2) is 7.47. The van der Waals surface area contributed by atoms with E-state index in [0.29, 0.717) is 11.3 Å². The van der Waals surface area contributed by atoms with E-state index in [0.717, 1.165) is 0 Å². The van der Waals surface area contributed by atoms with Gasteiger partial charge in [0, 0.05) is 9.75 Å². The SMILES string of the molecule is CCCCCCc1cc(C(C)(C)CC)sc1C(C)C. The van der Waals surface area contributed by atoms with Crippen LogP contribution in [0.1, 0.15) is 94.9 Å². The van der Waals surface area contributed by atoms with Gasteiger partial charge in [0.25, 0.3) is 0 Å². The smallest absolute Gasteiger partial charge is 0.0107 e. The fourth-order valence-electron chi connectivity index (χ4n) is 2.38. The molecule has 1 heteroatoms. The second-order valence-corrected chi connectivity index (χ2v) is 7.79. The lowest BCUT2D eigenvalue weighted by Gasteiger charge is -2.20. The molecule has 1 aromatic rings. The Morgan fingerprint density at radius 2 is 1.79 bits per heavy atom. The normalized spacial score (nSPS) is 12.4. The lowest BCUT2D eigenvalue weighted by atomic mass is 9.87. The molecule has 110 valence electrons. The zero-order valence-electron chi connectivity index (χ0n) is 13.8. The Labute approximate surface area is 124 Å². The van der Waals surface area contributed by atoms with Crippen LogP contribution < -0.4 is 0 Å². The van der Waals surface area contributed by atoms with E-state index in [1.807, 2.05) is 0 Å². The maximum atomic E-state index is 2.51. The van der Waals surface area contributed by atoms with Crippen LogP contribution in [0.5, 0.6) is 0 Å². The van der Waals surface area contributed by atoms with Crippen molar-refractivity contribution in [2.24, 2.45) is 0 Å². The first-order valence-electron chi connectivity index (χ1n) is 8.05. The van der Waals surface area contributed by atoms with E-state index in [1.165, 1.54) is 38.5 Å². The number of hydrogen-bond acceptors (Lipinski definition) is 1. The van der Waals surface area contributed by atoms with Crippen molar-refractivity contribution >= 4 is 11.3 Å². The number of thiophene rings is 1. The Balaban J connectivity index is 2.83. The van der Waals surface area contributed by atoms with Gasteiger partial charge in [-0.2, -0.15) is 0 Å². The summed E-state index contributed by atoms with van der Waals surface area (Å²) in [4.78, 5) is 3.22. The van der Waals surface area contributed by atoms with E-state index in [4.69, 9.17) is 0 Å². The van der Waals surface area contributed by atoms with Gasteiger partial charge in [0.2, 0.25) is 0 Å². The van der Waals surface area contributed by atoms with Crippen molar-refractivity contribution in [1.29, 1.82) is 0 Å². The maximum absolute atomic E-state index is 2.51. The van der Waals surface area contributed by atoms with E-state index >= 15 is 0 Å². The lowest BCUT2D eigenvalue weighted by molar-refractivity contribution is 0.516. The van der Waals surface area contributed by atoms with Crippen LogP contribution in [-0.4, -0.2) is 0 Å². The second-order valence-electron chi connectivity index (χ2n) is 6.70. The van der Waals surface area contributed by atoms with Gasteiger partial charge in [-0.15, -0.1) is 11.3 Å².